The van der Waals surface area contributed by atoms with Crippen molar-refractivity contribution in [2.45, 2.75) is 44.6 Å². The number of nitrogen functional groups attached to an aromatic ring is 1. The van der Waals surface area contributed by atoms with Gasteiger partial charge in [0.2, 0.25) is 0 Å². The van der Waals surface area contributed by atoms with Crippen molar-refractivity contribution in [1.82, 2.24) is 4.90 Å². The monoisotopic (exact) mass is 273 g/mol. The lowest BCUT2D eigenvalue weighted by Crippen LogP contribution is -2.50. The van der Waals surface area contributed by atoms with Crippen molar-refractivity contribution in [3.8, 4) is 0 Å². The van der Waals surface area contributed by atoms with Crippen molar-refractivity contribution in [3.63, 3.8) is 0 Å². The van der Waals surface area contributed by atoms with E-state index >= 15 is 0 Å². The van der Waals surface area contributed by atoms with Gasteiger partial charge in [0, 0.05) is 32.2 Å². The van der Waals surface area contributed by atoms with E-state index in [9.17, 15) is 0 Å². The lowest BCUT2D eigenvalue weighted by Gasteiger charge is -2.40. The highest BCUT2D eigenvalue weighted by Gasteiger charge is 2.24. The molecule has 1 saturated carbocycles. The molecule has 1 aromatic carbocycles. The molecule has 0 atom stereocenters. The van der Waals surface area contributed by atoms with Gasteiger partial charge in [-0.2, -0.15) is 0 Å². The first-order valence-electron chi connectivity index (χ1n) is 8.18. The molecule has 0 unspecified atom stereocenters. The zero-order valence-corrected chi connectivity index (χ0v) is 12.4. The number of hydrogen-bond donors (Lipinski definition) is 1. The number of anilines is 2. The third-order valence-electron chi connectivity index (χ3n) is 4.93. The van der Waals surface area contributed by atoms with Gasteiger partial charge in [-0.15, -0.1) is 0 Å². The first-order chi connectivity index (χ1) is 9.84. The summed E-state index contributed by atoms with van der Waals surface area (Å²) >= 11 is 0. The molecule has 0 aromatic heterocycles. The minimum absolute atomic E-state index is 0.841. The highest BCUT2D eigenvalue weighted by molar-refractivity contribution is 5.67. The summed E-state index contributed by atoms with van der Waals surface area (Å²) in [6.45, 7) is 4.62. The van der Waals surface area contributed by atoms with E-state index in [0.29, 0.717) is 0 Å². The van der Waals surface area contributed by atoms with E-state index in [1.54, 1.807) is 0 Å². The number of rotatable bonds is 2. The molecule has 2 N–H and O–H groups in total. The highest BCUT2D eigenvalue weighted by Crippen LogP contribution is 2.26. The Kier molecular flexibility index (Phi) is 4.46. The van der Waals surface area contributed by atoms with E-state index in [1.165, 1.54) is 57.3 Å². The molecule has 0 spiro atoms. The third-order valence-corrected chi connectivity index (χ3v) is 4.93. The van der Waals surface area contributed by atoms with Gasteiger partial charge >= 0.3 is 0 Å². The second kappa shape index (κ2) is 6.49. The second-order valence-electron chi connectivity index (χ2n) is 6.23. The van der Waals surface area contributed by atoms with E-state index in [4.69, 9.17) is 5.73 Å². The van der Waals surface area contributed by atoms with Crippen LogP contribution in [0.25, 0.3) is 0 Å². The van der Waals surface area contributed by atoms with Gasteiger partial charge in [-0.1, -0.05) is 37.8 Å². The SMILES string of the molecule is Nc1ccccc1N1CCN(C2CCCCCC2)CC1. The first-order valence-corrected chi connectivity index (χ1v) is 8.18. The van der Waals surface area contributed by atoms with Gasteiger partial charge in [-0.25, -0.2) is 0 Å². The Morgan fingerprint density at radius 1 is 0.850 bits per heavy atom. The number of piperazine rings is 1. The topological polar surface area (TPSA) is 32.5 Å². The lowest BCUT2D eigenvalue weighted by atomic mass is 10.1. The Morgan fingerprint density at radius 3 is 2.15 bits per heavy atom. The molecule has 1 aliphatic carbocycles. The Hall–Kier alpha value is -1.22. The van der Waals surface area contributed by atoms with Crippen LogP contribution in [-0.2, 0) is 0 Å². The molecule has 20 heavy (non-hydrogen) atoms. The molecule has 3 nitrogen and oxygen atoms in total. The molecule has 0 radical (unpaired) electrons. The van der Waals surface area contributed by atoms with Crippen molar-refractivity contribution in [1.29, 1.82) is 0 Å². The largest absolute Gasteiger partial charge is 0.397 e. The van der Waals surface area contributed by atoms with Gasteiger partial charge < -0.3 is 10.6 Å². The molecule has 2 fully saturated rings. The Bertz CT molecular complexity index is 416. The third kappa shape index (κ3) is 3.09. The average molecular weight is 273 g/mol. The van der Waals surface area contributed by atoms with E-state index in [-0.39, 0.29) is 0 Å². The maximum atomic E-state index is 6.09. The molecular weight excluding hydrogens is 246 g/mol. The van der Waals surface area contributed by atoms with Gasteiger partial charge in [-0.3, -0.25) is 4.90 Å². The normalized spacial score (nSPS) is 22.7. The molecule has 1 saturated heterocycles. The zero-order valence-electron chi connectivity index (χ0n) is 12.4. The zero-order chi connectivity index (χ0) is 13.8. The predicted molar refractivity (Wildman–Crippen MR) is 86.1 cm³/mol. The van der Waals surface area contributed by atoms with Gasteiger partial charge in [0.05, 0.1) is 11.4 Å². The fourth-order valence-electron chi connectivity index (χ4n) is 3.73. The maximum absolute atomic E-state index is 6.09. The molecule has 1 heterocycles. The van der Waals surface area contributed by atoms with Crippen LogP contribution in [0.3, 0.4) is 0 Å². The van der Waals surface area contributed by atoms with Gasteiger partial charge in [0.1, 0.15) is 0 Å². The molecule has 1 aromatic rings. The molecular formula is C17H27N3. The Balaban J connectivity index is 1.58. The summed E-state index contributed by atoms with van der Waals surface area (Å²) in [6, 6.07) is 9.10. The van der Waals surface area contributed by atoms with Crippen LogP contribution in [0.5, 0.6) is 0 Å². The van der Waals surface area contributed by atoms with Crippen LogP contribution in [0.2, 0.25) is 0 Å². The number of hydrogen-bond acceptors (Lipinski definition) is 3. The van der Waals surface area contributed by atoms with Crippen molar-refractivity contribution >= 4 is 11.4 Å². The number of benzene rings is 1. The summed E-state index contributed by atoms with van der Waals surface area (Å²) in [7, 11) is 0. The first kappa shape index (κ1) is 13.7. The standard InChI is InChI=1S/C17H27N3/c18-16-9-5-6-10-17(16)20-13-11-19(12-14-20)15-7-3-1-2-4-8-15/h5-6,9-10,15H,1-4,7-8,11-14,18H2. The molecule has 2 aliphatic rings. The molecule has 110 valence electrons. The minimum Gasteiger partial charge on any atom is -0.397 e. The van der Waals surface area contributed by atoms with Crippen LogP contribution in [0.15, 0.2) is 24.3 Å². The van der Waals surface area contributed by atoms with Crippen LogP contribution in [-0.4, -0.2) is 37.1 Å². The van der Waals surface area contributed by atoms with Crippen LogP contribution in [0.4, 0.5) is 11.4 Å². The van der Waals surface area contributed by atoms with Crippen molar-refractivity contribution in [2.24, 2.45) is 0 Å². The molecule has 3 rings (SSSR count). The van der Waals surface area contributed by atoms with Crippen LogP contribution < -0.4 is 10.6 Å². The predicted octanol–water partition coefficient (Wildman–Crippen LogP) is 3.11. The summed E-state index contributed by atoms with van der Waals surface area (Å²) in [5.74, 6) is 0. The van der Waals surface area contributed by atoms with Crippen molar-refractivity contribution in [3.05, 3.63) is 24.3 Å². The lowest BCUT2D eigenvalue weighted by molar-refractivity contribution is 0.169. The smallest absolute Gasteiger partial charge is 0.0600 e. The summed E-state index contributed by atoms with van der Waals surface area (Å²) in [6.07, 6.45) is 8.56. The molecule has 3 heteroatoms. The quantitative estimate of drug-likeness (QED) is 0.664. The van der Waals surface area contributed by atoms with E-state index in [1.807, 2.05) is 12.1 Å². The van der Waals surface area contributed by atoms with Gasteiger partial charge in [-0.05, 0) is 25.0 Å². The van der Waals surface area contributed by atoms with Crippen molar-refractivity contribution < 1.29 is 0 Å². The number of para-hydroxylation sites is 2. The molecule has 1 aliphatic heterocycles. The molecule has 0 bridgehead atoms. The van der Waals surface area contributed by atoms with Gasteiger partial charge in [0.25, 0.3) is 0 Å². The van der Waals surface area contributed by atoms with Crippen LogP contribution >= 0.6 is 0 Å². The summed E-state index contributed by atoms with van der Waals surface area (Å²) in [5, 5.41) is 0. The minimum atomic E-state index is 0.841. The van der Waals surface area contributed by atoms with Gasteiger partial charge in [0.15, 0.2) is 0 Å². The summed E-state index contributed by atoms with van der Waals surface area (Å²) < 4.78 is 0. The Labute approximate surface area is 122 Å². The second-order valence-corrected chi connectivity index (χ2v) is 6.23. The maximum Gasteiger partial charge on any atom is 0.0600 e. The average Bonchev–Trinajstić information content (AvgIpc) is 2.77. The fourth-order valence-corrected chi connectivity index (χ4v) is 3.73. The van der Waals surface area contributed by atoms with Crippen LogP contribution in [0.1, 0.15) is 38.5 Å². The fraction of sp³-hybridized carbons (Fsp3) is 0.647. The Morgan fingerprint density at radius 2 is 1.50 bits per heavy atom. The molecule has 0 amide bonds. The highest BCUT2D eigenvalue weighted by atomic mass is 15.3. The van der Waals surface area contributed by atoms with E-state index < -0.39 is 0 Å². The summed E-state index contributed by atoms with van der Waals surface area (Å²) in [5.41, 5.74) is 8.22. The van der Waals surface area contributed by atoms with E-state index in [2.05, 4.69) is 21.9 Å². The van der Waals surface area contributed by atoms with E-state index in [0.717, 1.165) is 24.8 Å². The van der Waals surface area contributed by atoms with Crippen molar-refractivity contribution in [2.75, 3.05) is 36.8 Å². The number of nitrogens with zero attached hydrogens (tertiary/aromatic N) is 2. The summed E-state index contributed by atoms with van der Waals surface area (Å²) in [4.78, 5) is 5.17. The number of nitrogens with two attached hydrogens (primary N) is 1. The van der Waals surface area contributed by atoms with Crippen LogP contribution in [0, 0.1) is 0 Å².